The summed E-state index contributed by atoms with van der Waals surface area (Å²) in [6.07, 6.45) is 1.66. The molecule has 0 fully saturated rings. The van der Waals surface area contributed by atoms with Crippen LogP contribution in [-0.4, -0.2) is 33.2 Å². The smallest absolute Gasteiger partial charge is 0.265 e. The number of benzene rings is 2. The SMILES string of the molecule is Cc1ccc2[nH]c3nc(N/N=C\c4ccc5c(c4)OCO5)nnc3c2c1. The fraction of sp³-hybridized carbons (Fsp3) is 0.111. The Morgan fingerprint density at radius 3 is 3.00 bits per heavy atom. The molecule has 0 saturated heterocycles. The Bertz CT molecular complexity index is 1170. The van der Waals surface area contributed by atoms with E-state index in [0.29, 0.717) is 17.3 Å². The summed E-state index contributed by atoms with van der Waals surface area (Å²) in [6, 6.07) is 11.7. The number of aryl methyl sites for hydroxylation is 1. The van der Waals surface area contributed by atoms with Crippen LogP contribution in [0.15, 0.2) is 41.5 Å². The predicted octanol–water partition coefficient (Wildman–Crippen LogP) is 2.99. The van der Waals surface area contributed by atoms with Crippen molar-refractivity contribution in [2.24, 2.45) is 5.10 Å². The van der Waals surface area contributed by atoms with Crippen LogP contribution < -0.4 is 14.9 Å². The average molecular weight is 346 g/mol. The molecule has 8 nitrogen and oxygen atoms in total. The maximum atomic E-state index is 5.35. The highest BCUT2D eigenvalue weighted by molar-refractivity contribution is 6.03. The highest BCUT2D eigenvalue weighted by atomic mass is 16.7. The average Bonchev–Trinajstić information content (AvgIpc) is 3.25. The van der Waals surface area contributed by atoms with Crippen LogP contribution in [0.4, 0.5) is 5.95 Å². The van der Waals surface area contributed by atoms with Gasteiger partial charge in [-0.2, -0.15) is 10.1 Å². The number of hydrazone groups is 1. The van der Waals surface area contributed by atoms with Gasteiger partial charge in [0, 0.05) is 10.9 Å². The van der Waals surface area contributed by atoms with Crippen molar-refractivity contribution in [1.82, 2.24) is 20.2 Å². The van der Waals surface area contributed by atoms with Crippen molar-refractivity contribution in [2.75, 3.05) is 12.2 Å². The first-order chi connectivity index (χ1) is 12.8. The molecule has 0 aliphatic carbocycles. The van der Waals surface area contributed by atoms with E-state index in [-0.39, 0.29) is 6.79 Å². The van der Waals surface area contributed by atoms with Crippen molar-refractivity contribution in [3.05, 3.63) is 47.5 Å². The number of aromatic amines is 1. The lowest BCUT2D eigenvalue weighted by molar-refractivity contribution is 0.174. The third-order valence-electron chi connectivity index (χ3n) is 4.14. The quantitative estimate of drug-likeness (QED) is 0.437. The largest absolute Gasteiger partial charge is 0.454 e. The summed E-state index contributed by atoms with van der Waals surface area (Å²) in [4.78, 5) is 7.68. The number of nitrogens with one attached hydrogen (secondary N) is 2. The zero-order valence-corrected chi connectivity index (χ0v) is 13.9. The maximum Gasteiger partial charge on any atom is 0.265 e. The molecule has 0 spiro atoms. The van der Waals surface area contributed by atoms with Gasteiger partial charge < -0.3 is 14.5 Å². The van der Waals surface area contributed by atoms with Gasteiger partial charge in [-0.05, 0) is 42.8 Å². The minimum absolute atomic E-state index is 0.248. The van der Waals surface area contributed by atoms with Crippen LogP contribution in [0.5, 0.6) is 11.5 Å². The van der Waals surface area contributed by atoms with Gasteiger partial charge in [0.2, 0.25) is 6.79 Å². The Balaban J connectivity index is 1.40. The molecule has 0 radical (unpaired) electrons. The zero-order valence-electron chi connectivity index (χ0n) is 13.9. The third kappa shape index (κ3) is 2.48. The van der Waals surface area contributed by atoms with Crippen molar-refractivity contribution in [3.63, 3.8) is 0 Å². The zero-order chi connectivity index (χ0) is 17.5. The molecule has 1 aliphatic heterocycles. The highest BCUT2D eigenvalue weighted by Gasteiger charge is 2.12. The summed E-state index contributed by atoms with van der Waals surface area (Å²) in [6.45, 7) is 2.29. The van der Waals surface area contributed by atoms with E-state index in [4.69, 9.17) is 9.47 Å². The molecule has 5 rings (SSSR count). The monoisotopic (exact) mass is 346 g/mol. The molecule has 128 valence electrons. The first-order valence-corrected chi connectivity index (χ1v) is 8.08. The van der Waals surface area contributed by atoms with Crippen LogP contribution in [0.1, 0.15) is 11.1 Å². The summed E-state index contributed by atoms with van der Waals surface area (Å²) in [5.41, 5.74) is 7.23. The van der Waals surface area contributed by atoms with Gasteiger partial charge in [-0.15, -0.1) is 10.2 Å². The number of fused-ring (bicyclic) bond motifs is 4. The first-order valence-electron chi connectivity index (χ1n) is 8.08. The molecule has 4 aromatic rings. The van der Waals surface area contributed by atoms with Gasteiger partial charge in [0.25, 0.3) is 5.95 Å². The number of aromatic nitrogens is 4. The van der Waals surface area contributed by atoms with Crippen molar-refractivity contribution >= 4 is 34.2 Å². The molecular weight excluding hydrogens is 332 g/mol. The standard InChI is InChI=1S/C18H14N6O2/c1-10-2-4-13-12(6-10)16-17(20-13)21-18(24-22-16)23-19-8-11-3-5-14-15(7-11)26-9-25-14/h2-8H,9H2,1H3,(H2,20,21,23,24)/b19-8-. The van der Waals surface area contributed by atoms with Gasteiger partial charge in [0.1, 0.15) is 5.52 Å². The minimum Gasteiger partial charge on any atom is -0.454 e. The summed E-state index contributed by atoms with van der Waals surface area (Å²) in [5.74, 6) is 1.77. The lowest BCUT2D eigenvalue weighted by Gasteiger charge is -1.99. The summed E-state index contributed by atoms with van der Waals surface area (Å²) in [5, 5.41) is 13.5. The van der Waals surface area contributed by atoms with Gasteiger partial charge >= 0.3 is 0 Å². The molecule has 2 N–H and O–H groups in total. The van der Waals surface area contributed by atoms with Crippen molar-refractivity contribution in [1.29, 1.82) is 0 Å². The van der Waals surface area contributed by atoms with Gasteiger partial charge in [0.15, 0.2) is 17.1 Å². The van der Waals surface area contributed by atoms with Crippen LogP contribution in [0, 0.1) is 6.92 Å². The number of nitrogens with zero attached hydrogens (tertiary/aromatic N) is 4. The van der Waals surface area contributed by atoms with Crippen LogP contribution in [0.2, 0.25) is 0 Å². The topological polar surface area (TPSA) is 97.3 Å². The Hall–Kier alpha value is -3.68. The Morgan fingerprint density at radius 1 is 1.12 bits per heavy atom. The second-order valence-corrected chi connectivity index (χ2v) is 5.99. The summed E-state index contributed by atoms with van der Waals surface area (Å²) in [7, 11) is 0. The minimum atomic E-state index is 0.248. The normalized spacial score (nSPS) is 13.1. The number of anilines is 1. The van der Waals surface area contributed by atoms with E-state index in [1.54, 1.807) is 6.21 Å². The lowest BCUT2D eigenvalue weighted by atomic mass is 10.2. The summed E-state index contributed by atoms with van der Waals surface area (Å²) < 4.78 is 10.6. The molecule has 0 saturated carbocycles. The molecule has 0 unspecified atom stereocenters. The Morgan fingerprint density at radius 2 is 2.04 bits per heavy atom. The number of hydrogen-bond donors (Lipinski definition) is 2. The molecule has 2 aromatic carbocycles. The predicted molar refractivity (Wildman–Crippen MR) is 97.7 cm³/mol. The maximum absolute atomic E-state index is 5.35. The molecule has 0 bridgehead atoms. The highest BCUT2D eigenvalue weighted by Crippen LogP contribution is 2.32. The number of hydrogen-bond acceptors (Lipinski definition) is 7. The van der Waals surface area contributed by atoms with E-state index in [2.05, 4.69) is 36.8 Å². The fourth-order valence-corrected chi connectivity index (χ4v) is 2.89. The molecule has 2 aromatic heterocycles. The van der Waals surface area contributed by atoms with Gasteiger partial charge in [-0.1, -0.05) is 11.6 Å². The molecule has 0 atom stereocenters. The molecule has 26 heavy (non-hydrogen) atoms. The van der Waals surface area contributed by atoms with E-state index in [1.165, 1.54) is 0 Å². The van der Waals surface area contributed by atoms with E-state index in [0.717, 1.165) is 33.3 Å². The number of ether oxygens (including phenoxy) is 2. The molecule has 0 amide bonds. The third-order valence-corrected chi connectivity index (χ3v) is 4.14. The van der Waals surface area contributed by atoms with Crippen molar-refractivity contribution in [2.45, 2.75) is 6.92 Å². The molecular formula is C18H14N6O2. The molecule has 8 heteroatoms. The number of H-pyrrole nitrogens is 1. The van der Waals surface area contributed by atoms with Gasteiger partial charge in [0.05, 0.1) is 6.21 Å². The van der Waals surface area contributed by atoms with E-state index in [9.17, 15) is 0 Å². The lowest BCUT2D eigenvalue weighted by Crippen LogP contribution is -1.99. The van der Waals surface area contributed by atoms with E-state index >= 15 is 0 Å². The van der Waals surface area contributed by atoms with E-state index < -0.39 is 0 Å². The first kappa shape index (κ1) is 14.6. The summed E-state index contributed by atoms with van der Waals surface area (Å²) >= 11 is 0. The second kappa shape index (κ2) is 5.69. The van der Waals surface area contributed by atoms with Crippen LogP contribution in [0.3, 0.4) is 0 Å². The number of rotatable bonds is 3. The van der Waals surface area contributed by atoms with E-state index in [1.807, 2.05) is 37.3 Å². The fourth-order valence-electron chi connectivity index (χ4n) is 2.89. The molecule has 3 heterocycles. The van der Waals surface area contributed by atoms with Crippen molar-refractivity contribution in [3.8, 4) is 11.5 Å². The Labute approximate surface area is 147 Å². The van der Waals surface area contributed by atoms with Crippen LogP contribution >= 0.6 is 0 Å². The van der Waals surface area contributed by atoms with Gasteiger partial charge in [-0.25, -0.2) is 5.43 Å². The van der Waals surface area contributed by atoms with Crippen LogP contribution in [0.25, 0.3) is 22.1 Å². The van der Waals surface area contributed by atoms with Gasteiger partial charge in [-0.3, -0.25) is 0 Å². The second-order valence-electron chi connectivity index (χ2n) is 5.99. The Kier molecular flexibility index (Phi) is 3.21. The molecule has 1 aliphatic rings. The van der Waals surface area contributed by atoms with Crippen molar-refractivity contribution < 1.29 is 9.47 Å². The van der Waals surface area contributed by atoms with Crippen LogP contribution in [-0.2, 0) is 0 Å².